The van der Waals surface area contributed by atoms with Gasteiger partial charge in [0.15, 0.2) is 0 Å². The highest BCUT2D eigenvalue weighted by molar-refractivity contribution is 7.92. The summed E-state index contributed by atoms with van der Waals surface area (Å²) in [5.41, 5.74) is 0.997. The van der Waals surface area contributed by atoms with Crippen LogP contribution in [0.15, 0.2) is 108 Å². The smallest absolute Gasteiger partial charge is 0.264 e. The molecule has 1 atom stereocenters. The highest BCUT2D eigenvalue weighted by Crippen LogP contribution is 2.30. The first kappa shape index (κ1) is 33.0. The largest absolute Gasteiger partial charge is 0.354 e. The standard InChI is InChI=1S/C33H32Cl2FN3O4S/c1-2-17-37-33(41)31(18-24-11-5-3-6-12-24)38(22-25-13-9-10-16-30(25)36)32(40)23-39(28-20-26(34)19-27(35)21-28)44(42,43)29-14-7-4-8-15-29/h3-16,19-21,31H,2,17-18,22-23H2,1H3,(H,37,41). The van der Waals surface area contributed by atoms with Crippen molar-refractivity contribution >= 4 is 50.7 Å². The number of hydrogen-bond donors (Lipinski definition) is 1. The number of amides is 2. The monoisotopic (exact) mass is 655 g/mol. The molecule has 0 bridgehead atoms. The van der Waals surface area contributed by atoms with Crippen molar-refractivity contribution in [1.82, 2.24) is 10.2 Å². The van der Waals surface area contributed by atoms with Crippen LogP contribution in [0.4, 0.5) is 10.1 Å². The molecule has 0 aliphatic carbocycles. The van der Waals surface area contributed by atoms with E-state index in [1.165, 1.54) is 53.4 Å². The van der Waals surface area contributed by atoms with Gasteiger partial charge >= 0.3 is 0 Å². The van der Waals surface area contributed by atoms with E-state index in [2.05, 4.69) is 5.32 Å². The molecule has 0 aliphatic heterocycles. The number of rotatable bonds is 13. The van der Waals surface area contributed by atoms with Crippen LogP contribution in [0.1, 0.15) is 24.5 Å². The van der Waals surface area contributed by atoms with Crippen LogP contribution in [0.5, 0.6) is 0 Å². The van der Waals surface area contributed by atoms with Gasteiger partial charge in [-0.3, -0.25) is 13.9 Å². The van der Waals surface area contributed by atoms with Crippen molar-refractivity contribution in [2.45, 2.75) is 37.2 Å². The Bertz CT molecular complexity index is 1670. The number of carbonyl (C=O) groups excluding carboxylic acids is 2. The zero-order valence-electron chi connectivity index (χ0n) is 24.0. The van der Waals surface area contributed by atoms with Gasteiger partial charge in [0.05, 0.1) is 10.6 Å². The topological polar surface area (TPSA) is 86.8 Å². The first-order chi connectivity index (χ1) is 21.1. The lowest BCUT2D eigenvalue weighted by molar-refractivity contribution is -0.140. The second-order valence-electron chi connectivity index (χ2n) is 10.1. The van der Waals surface area contributed by atoms with Crippen molar-refractivity contribution in [3.63, 3.8) is 0 Å². The molecular weight excluding hydrogens is 624 g/mol. The van der Waals surface area contributed by atoms with Gasteiger partial charge in [-0.15, -0.1) is 0 Å². The molecule has 0 saturated carbocycles. The SMILES string of the molecule is CCCNC(=O)C(Cc1ccccc1)N(Cc1ccccc1F)C(=O)CN(c1cc(Cl)cc(Cl)c1)S(=O)(=O)c1ccccc1. The van der Waals surface area contributed by atoms with Crippen LogP contribution in [0.3, 0.4) is 0 Å². The molecule has 0 radical (unpaired) electrons. The fourth-order valence-corrected chi connectivity index (χ4v) is 6.60. The molecule has 7 nitrogen and oxygen atoms in total. The first-order valence-electron chi connectivity index (χ1n) is 14.0. The molecule has 4 rings (SSSR count). The molecule has 230 valence electrons. The second-order valence-corrected chi connectivity index (χ2v) is 12.8. The Morgan fingerprint density at radius 1 is 0.864 bits per heavy atom. The van der Waals surface area contributed by atoms with Crippen LogP contribution in [-0.4, -0.2) is 44.3 Å². The number of sulfonamides is 1. The maximum Gasteiger partial charge on any atom is 0.264 e. The Balaban J connectivity index is 1.82. The maximum absolute atomic E-state index is 15.0. The van der Waals surface area contributed by atoms with Crippen molar-refractivity contribution in [1.29, 1.82) is 0 Å². The first-order valence-corrected chi connectivity index (χ1v) is 16.2. The quantitative estimate of drug-likeness (QED) is 0.178. The molecule has 2 amide bonds. The average molecular weight is 657 g/mol. The molecule has 1 unspecified atom stereocenters. The number of nitrogens with zero attached hydrogens (tertiary/aromatic N) is 2. The van der Waals surface area contributed by atoms with Gasteiger partial charge in [0.1, 0.15) is 18.4 Å². The molecule has 0 aliphatic rings. The molecule has 11 heteroatoms. The number of anilines is 1. The van der Waals surface area contributed by atoms with Gasteiger partial charge < -0.3 is 10.2 Å². The Kier molecular flexibility index (Phi) is 11.4. The molecule has 4 aromatic rings. The van der Waals surface area contributed by atoms with Gasteiger partial charge in [-0.05, 0) is 48.4 Å². The molecule has 0 saturated heterocycles. The predicted molar refractivity (Wildman–Crippen MR) is 172 cm³/mol. The van der Waals surface area contributed by atoms with E-state index < -0.39 is 40.2 Å². The zero-order valence-corrected chi connectivity index (χ0v) is 26.3. The van der Waals surface area contributed by atoms with Crippen LogP contribution in [0, 0.1) is 5.82 Å². The fraction of sp³-hybridized carbons (Fsp3) is 0.212. The summed E-state index contributed by atoms with van der Waals surface area (Å²) in [7, 11) is -4.32. The van der Waals surface area contributed by atoms with Gasteiger partial charge in [-0.2, -0.15) is 0 Å². The van der Waals surface area contributed by atoms with E-state index in [9.17, 15) is 22.4 Å². The van der Waals surface area contributed by atoms with Gasteiger partial charge in [-0.1, -0.05) is 96.9 Å². The summed E-state index contributed by atoms with van der Waals surface area (Å²) in [5.74, 6) is -1.73. The molecule has 44 heavy (non-hydrogen) atoms. The minimum atomic E-state index is -4.32. The van der Waals surface area contributed by atoms with E-state index in [1.807, 2.05) is 37.3 Å². The van der Waals surface area contributed by atoms with Crippen molar-refractivity contribution in [3.8, 4) is 0 Å². The van der Waals surface area contributed by atoms with Gasteiger partial charge in [0.2, 0.25) is 11.8 Å². The van der Waals surface area contributed by atoms with Crippen molar-refractivity contribution in [2.75, 3.05) is 17.4 Å². The second kappa shape index (κ2) is 15.2. The molecule has 0 spiro atoms. The third-order valence-electron chi connectivity index (χ3n) is 6.86. The third kappa shape index (κ3) is 8.37. The minimum absolute atomic E-state index is 0.0561. The predicted octanol–water partition coefficient (Wildman–Crippen LogP) is 6.49. The lowest BCUT2D eigenvalue weighted by Crippen LogP contribution is -2.53. The van der Waals surface area contributed by atoms with Crippen molar-refractivity contribution < 1.29 is 22.4 Å². The average Bonchev–Trinajstić information content (AvgIpc) is 3.01. The molecule has 1 N–H and O–H groups in total. The van der Waals surface area contributed by atoms with Gasteiger partial charge in [-0.25, -0.2) is 12.8 Å². The van der Waals surface area contributed by atoms with Crippen molar-refractivity contribution in [3.05, 3.63) is 130 Å². The summed E-state index contributed by atoms with van der Waals surface area (Å²) >= 11 is 12.5. The van der Waals surface area contributed by atoms with Crippen LogP contribution < -0.4 is 9.62 Å². The Morgan fingerprint density at radius 2 is 1.45 bits per heavy atom. The molecule has 0 heterocycles. The van der Waals surface area contributed by atoms with Crippen LogP contribution in [0.2, 0.25) is 10.0 Å². The maximum atomic E-state index is 15.0. The van der Waals surface area contributed by atoms with Gasteiger partial charge in [0.25, 0.3) is 10.0 Å². The number of hydrogen-bond acceptors (Lipinski definition) is 4. The van der Waals surface area contributed by atoms with Gasteiger partial charge in [0, 0.05) is 35.1 Å². The van der Waals surface area contributed by atoms with E-state index in [1.54, 1.807) is 24.3 Å². The van der Waals surface area contributed by atoms with E-state index in [-0.39, 0.29) is 39.2 Å². The summed E-state index contributed by atoms with van der Waals surface area (Å²) in [6.45, 7) is 1.27. The minimum Gasteiger partial charge on any atom is -0.354 e. The number of benzene rings is 4. The summed E-state index contributed by atoms with van der Waals surface area (Å²) in [6.07, 6.45) is 0.773. The van der Waals surface area contributed by atoms with E-state index >= 15 is 0 Å². The molecule has 0 fully saturated rings. The lowest BCUT2D eigenvalue weighted by Gasteiger charge is -2.34. The van der Waals surface area contributed by atoms with E-state index in [4.69, 9.17) is 23.2 Å². The molecule has 0 aromatic heterocycles. The molecular formula is C33H32Cl2FN3O4S. The summed E-state index contributed by atoms with van der Waals surface area (Å²) in [5, 5.41) is 3.18. The van der Waals surface area contributed by atoms with Crippen LogP contribution >= 0.6 is 23.2 Å². The van der Waals surface area contributed by atoms with Crippen LogP contribution in [-0.2, 0) is 32.6 Å². The zero-order chi connectivity index (χ0) is 31.7. The van der Waals surface area contributed by atoms with Crippen LogP contribution in [0.25, 0.3) is 0 Å². The van der Waals surface area contributed by atoms with E-state index in [0.717, 1.165) is 9.87 Å². The molecule has 4 aromatic carbocycles. The summed E-state index contributed by atoms with van der Waals surface area (Å²) in [6, 6.07) is 25.8. The normalized spacial score (nSPS) is 11.9. The Hall–Kier alpha value is -3.92. The Labute approximate surface area is 267 Å². The van der Waals surface area contributed by atoms with Crippen molar-refractivity contribution in [2.24, 2.45) is 0 Å². The number of carbonyl (C=O) groups is 2. The van der Waals surface area contributed by atoms with E-state index in [0.29, 0.717) is 13.0 Å². The summed E-state index contributed by atoms with van der Waals surface area (Å²) in [4.78, 5) is 29.1. The third-order valence-corrected chi connectivity index (χ3v) is 9.09. The highest BCUT2D eigenvalue weighted by Gasteiger charge is 2.35. The number of nitrogens with one attached hydrogen (secondary N) is 1. The highest BCUT2D eigenvalue weighted by atomic mass is 35.5. The summed E-state index contributed by atoms with van der Waals surface area (Å²) < 4.78 is 43.8. The fourth-order valence-electron chi connectivity index (χ4n) is 4.66. The lowest BCUT2D eigenvalue weighted by atomic mass is 10.0. The number of halogens is 3. The Morgan fingerprint density at radius 3 is 2.07 bits per heavy atom.